The summed E-state index contributed by atoms with van der Waals surface area (Å²) in [6.45, 7) is 8.06. The van der Waals surface area contributed by atoms with Crippen LogP contribution in [0.15, 0.2) is 54.6 Å². The molecule has 0 aliphatic rings. The third kappa shape index (κ3) is 6.93. The molecule has 5 heteroatoms. The van der Waals surface area contributed by atoms with Crippen molar-refractivity contribution in [3.05, 3.63) is 65.7 Å². The first-order valence-corrected chi connectivity index (χ1v) is 10.3. The molecule has 5 nitrogen and oxygen atoms in total. The fraction of sp³-hybridized carbons (Fsp3) is 0.417. The van der Waals surface area contributed by atoms with E-state index in [1.165, 1.54) is 5.56 Å². The molecule has 2 aromatic rings. The smallest absolute Gasteiger partial charge is 0.261 e. The summed E-state index contributed by atoms with van der Waals surface area (Å²) in [5, 5.41) is 2.96. The van der Waals surface area contributed by atoms with E-state index in [0.29, 0.717) is 12.3 Å². The van der Waals surface area contributed by atoms with Gasteiger partial charge in [0.05, 0.1) is 0 Å². The molecule has 0 aromatic heterocycles. The van der Waals surface area contributed by atoms with Crippen molar-refractivity contribution in [1.29, 1.82) is 0 Å². The van der Waals surface area contributed by atoms with E-state index >= 15 is 0 Å². The number of carbonyl (C=O) groups excluding carboxylic acids is 2. The highest BCUT2D eigenvalue weighted by atomic mass is 16.5. The predicted octanol–water partition coefficient (Wildman–Crippen LogP) is 3.96. The maximum Gasteiger partial charge on any atom is 0.261 e. The minimum absolute atomic E-state index is 0.0620. The summed E-state index contributed by atoms with van der Waals surface area (Å²) in [7, 11) is 0. The van der Waals surface area contributed by atoms with E-state index in [1.54, 1.807) is 11.8 Å². The van der Waals surface area contributed by atoms with Crippen molar-refractivity contribution in [3.63, 3.8) is 0 Å². The van der Waals surface area contributed by atoms with Gasteiger partial charge in [0.1, 0.15) is 11.8 Å². The molecule has 2 amide bonds. The van der Waals surface area contributed by atoms with Crippen molar-refractivity contribution in [2.24, 2.45) is 0 Å². The molecule has 2 rings (SSSR count). The van der Waals surface area contributed by atoms with Gasteiger partial charge in [-0.2, -0.15) is 0 Å². The number of nitrogens with one attached hydrogen (secondary N) is 1. The molecule has 2 aromatic carbocycles. The van der Waals surface area contributed by atoms with Gasteiger partial charge in [-0.25, -0.2) is 0 Å². The van der Waals surface area contributed by atoms with E-state index in [-0.39, 0.29) is 24.5 Å². The lowest BCUT2D eigenvalue weighted by Gasteiger charge is -2.29. The molecule has 0 saturated carbocycles. The Labute approximate surface area is 174 Å². The highest BCUT2D eigenvalue weighted by Gasteiger charge is 2.27. The molecule has 0 saturated heterocycles. The van der Waals surface area contributed by atoms with Gasteiger partial charge in [0.15, 0.2) is 6.61 Å². The van der Waals surface area contributed by atoms with Gasteiger partial charge in [-0.1, -0.05) is 56.3 Å². The van der Waals surface area contributed by atoms with Crippen LogP contribution in [0.4, 0.5) is 0 Å². The van der Waals surface area contributed by atoms with Gasteiger partial charge in [-0.15, -0.1) is 0 Å². The Kier molecular flexibility index (Phi) is 8.71. The van der Waals surface area contributed by atoms with E-state index in [0.717, 1.165) is 18.4 Å². The summed E-state index contributed by atoms with van der Waals surface area (Å²) >= 11 is 0. The molecular formula is C24H32N2O3. The van der Waals surface area contributed by atoms with Crippen LogP contribution in [-0.4, -0.2) is 35.4 Å². The molecule has 29 heavy (non-hydrogen) atoms. The fourth-order valence-corrected chi connectivity index (χ4v) is 2.88. The number of hydrogen-bond donors (Lipinski definition) is 1. The molecule has 0 unspecified atom stereocenters. The monoisotopic (exact) mass is 396 g/mol. The van der Waals surface area contributed by atoms with E-state index in [9.17, 15) is 9.59 Å². The third-order valence-electron chi connectivity index (χ3n) is 5.06. The zero-order valence-electron chi connectivity index (χ0n) is 17.9. The molecule has 156 valence electrons. The Balaban J connectivity index is 2.09. The molecule has 0 radical (unpaired) electrons. The predicted molar refractivity (Wildman–Crippen MR) is 116 cm³/mol. The van der Waals surface area contributed by atoms with Crippen LogP contribution in [0.1, 0.15) is 45.2 Å². The van der Waals surface area contributed by atoms with E-state index in [1.807, 2.05) is 68.4 Å². The van der Waals surface area contributed by atoms with Crippen molar-refractivity contribution in [1.82, 2.24) is 10.2 Å². The number of aryl methyl sites for hydroxylation is 1. The van der Waals surface area contributed by atoms with E-state index in [4.69, 9.17) is 4.74 Å². The lowest BCUT2D eigenvalue weighted by molar-refractivity contribution is -0.142. The number of amides is 2. The molecule has 0 heterocycles. The van der Waals surface area contributed by atoms with E-state index in [2.05, 4.69) is 12.2 Å². The minimum atomic E-state index is -0.595. The lowest BCUT2D eigenvalue weighted by Crippen LogP contribution is -2.50. The standard InChI is InChI=1S/C24H32N2O3/c1-5-18(3)25-24(28)19(4)26(16-21-10-8-7-9-11-21)23(27)17-29-22-14-12-20(6-2)13-15-22/h7-15,18-19H,5-6,16-17H2,1-4H3,(H,25,28)/t18-,19-/m1/s1. The SMILES string of the molecule is CCc1ccc(OCC(=O)N(Cc2ccccc2)[C@H](C)C(=O)N[C@H](C)CC)cc1. The maximum absolute atomic E-state index is 13.0. The molecule has 2 atom stereocenters. The Hall–Kier alpha value is -2.82. The van der Waals surface area contributed by atoms with Gasteiger partial charge in [-0.05, 0) is 49.9 Å². The zero-order chi connectivity index (χ0) is 21.2. The molecule has 1 N–H and O–H groups in total. The summed E-state index contributed by atoms with van der Waals surface area (Å²) in [6.07, 6.45) is 1.79. The van der Waals surface area contributed by atoms with Crippen molar-refractivity contribution in [2.75, 3.05) is 6.61 Å². The first-order valence-electron chi connectivity index (χ1n) is 10.3. The molecule has 0 fully saturated rings. The van der Waals surface area contributed by atoms with Crippen LogP contribution in [0.25, 0.3) is 0 Å². The summed E-state index contributed by atoms with van der Waals surface area (Å²) < 4.78 is 5.70. The Bertz CT molecular complexity index is 774. The van der Waals surface area contributed by atoms with Crippen LogP contribution < -0.4 is 10.1 Å². The van der Waals surface area contributed by atoms with Gasteiger partial charge in [0.2, 0.25) is 5.91 Å². The molecule has 0 spiro atoms. The molecule has 0 aliphatic carbocycles. The topological polar surface area (TPSA) is 58.6 Å². The van der Waals surface area contributed by atoms with Gasteiger partial charge in [0.25, 0.3) is 5.91 Å². The largest absolute Gasteiger partial charge is 0.484 e. The van der Waals surface area contributed by atoms with Gasteiger partial charge < -0.3 is 15.0 Å². The lowest BCUT2D eigenvalue weighted by atomic mass is 10.1. The number of benzene rings is 2. The third-order valence-corrected chi connectivity index (χ3v) is 5.06. The summed E-state index contributed by atoms with van der Waals surface area (Å²) in [6, 6.07) is 16.9. The average molecular weight is 397 g/mol. The van der Waals surface area contributed by atoms with Crippen LogP contribution in [-0.2, 0) is 22.6 Å². The quantitative estimate of drug-likeness (QED) is 0.661. The molecule has 0 bridgehead atoms. The van der Waals surface area contributed by atoms with Crippen LogP contribution in [0.5, 0.6) is 5.75 Å². The number of ether oxygens (including phenoxy) is 1. The number of carbonyl (C=O) groups is 2. The normalized spacial score (nSPS) is 12.7. The highest BCUT2D eigenvalue weighted by Crippen LogP contribution is 2.14. The van der Waals surface area contributed by atoms with Crippen LogP contribution >= 0.6 is 0 Å². The van der Waals surface area contributed by atoms with Crippen LogP contribution in [0.3, 0.4) is 0 Å². The summed E-state index contributed by atoms with van der Waals surface area (Å²) in [5.74, 6) is 0.267. The number of nitrogens with zero attached hydrogens (tertiary/aromatic N) is 1. The first-order chi connectivity index (χ1) is 13.9. The molecule has 0 aliphatic heterocycles. The maximum atomic E-state index is 13.0. The van der Waals surface area contributed by atoms with Gasteiger partial charge in [-0.3, -0.25) is 9.59 Å². The van der Waals surface area contributed by atoms with Gasteiger partial charge >= 0.3 is 0 Å². The van der Waals surface area contributed by atoms with E-state index < -0.39 is 6.04 Å². The fourth-order valence-electron chi connectivity index (χ4n) is 2.88. The van der Waals surface area contributed by atoms with Crippen molar-refractivity contribution < 1.29 is 14.3 Å². The van der Waals surface area contributed by atoms with Crippen molar-refractivity contribution in [2.45, 2.75) is 59.2 Å². The second kappa shape index (κ2) is 11.2. The Morgan fingerprint density at radius 3 is 2.21 bits per heavy atom. The Morgan fingerprint density at radius 2 is 1.62 bits per heavy atom. The Morgan fingerprint density at radius 1 is 0.966 bits per heavy atom. The van der Waals surface area contributed by atoms with Crippen LogP contribution in [0.2, 0.25) is 0 Å². The number of rotatable bonds is 10. The molecular weight excluding hydrogens is 364 g/mol. The summed E-state index contributed by atoms with van der Waals surface area (Å²) in [4.78, 5) is 27.2. The summed E-state index contributed by atoms with van der Waals surface area (Å²) in [5.41, 5.74) is 2.18. The highest BCUT2D eigenvalue weighted by molar-refractivity contribution is 5.88. The van der Waals surface area contributed by atoms with Crippen LogP contribution in [0, 0.1) is 0 Å². The minimum Gasteiger partial charge on any atom is -0.484 e. The number of hydrogen-bond acceptors (Lipinski definition) is 3. The van der Waals surface area contributed by atoms with Gasteiger partial charge in [0, 0.05) is 12.6 Å². The second-order valence-corrected chi connectivity index (χ2v) is 7.29. The average Bonchev–Trinajstić information content (AvgIpc) is 2.76. The van der Waals surface area contributed by atoms with Crippen molar-refractivity contribution >= 4 is 11.8 Å². The zero-order valence-corrected chi connectivity index (χ0v) is 17.9. The van der Waals surface area contributed by atoms with Crippen molar-refractivity contribution in [3.8, 4) is 5.75 Å². The second-order valence-electron chi connectivity index (χ2n) is 7.29. The first kappa shape index (κ1) is 22.5.